The van der Waals surface area contributed by atoms with Gasteiger partial charge < -0.3 is 19.5 Å². The highest BCUT2D eigenvalue weighted by atomic mass is 16.5. The van der Waals surface area contributed by atoms with E-state index in [4.69, 9.17) is 4.74 Å². The fourth-order valence-corrected chi connectivity index (χ4v) is 2.39. The van der Waals surface area contributed by atoms with Gasteiger partial charge in [-0.25, -0.2) is 4.98 Å². The van der Waals surface area contributed by atoms with Gasteiger partial charge in [0.25, 0.3) is 0 Å². The van der Waals surface area contributed by atoms with Crippen LogP contribution in [0.4, 0.5) is 11.4 Å². The standard InChI is InChI=1S/C15H18N4O2/c1-11(20)18(2)13-3-4-15-14(7-13)19(5-6-21-15)9-12-8-16-10-17-12/h3-4,7-8,10H,5-6,9H2,1-2H3,(H,16,17). The molecule has 0 spiro atoms. The number of benzene rings is 1. The quantitative estimate of drug-likeness (QED) is 0.934. The Morgan fingerprint density at radius 3 is 3.10 bits per heavy atom. The molecule has 1 aromatic carbocycles. The number of hydrogen-bond acceptors (Lipinski definition) is 4. The number of aromatic amines is 1. The van der Waals surface area contributed by atoms with Gasteiger partial charge >= 0.3 is 0 Å². The molecule has 3 rings (SSSR count). The summed E-state index contributed by atoms with van der Waals surface area (Å²) in [4.78, 5) is 22.5. The Bertz CT molecular complexity index is 639. The first kappa shape index (κ1) is 13.5. The summed E-state index contributed by atoms with van der Waals surface area (Å²) in [7, 11) is 1.77. The van der Waals surface area contributed by atoms with E-state index in [2.05, 4.69) is 14.9 Å². The summed E-state index contributed by atoms with van der Waals surface area (Å²) in [5.41, 5.74) is 2.91. The third-order valence-corrected chi connectivity index (χ3v) is 3.68. The van der Waals surface area contributed by atoms with E-state index in [1.54, 1.807) is 25.2 Å². The van der Waals surface area contributed by atoms with Crippen LogP contribution in [0.25, 0.3) is 0 Å². The minimum absolute atomic E-state index is 0.00629. The van der Waals surface area contributed by atoms with Crippen LogP contribution >= 0.6 is 0 Å². The molecule has 0 saturated carbocycles. The number of H-pyrrole nitrogens is 1. The summed E-state index contributed by atoms with van der Waals surface area (Å²) >= 11 is 0. The number of anilines is 2. The largest absolute Gasteiger partial charge is 0.490 e. The van der Waals surface area contributed by atoms with Crippen LogP contribution in [-0.2, 0) is 11.3 Å². The summed E-state index contributed by atoms with van der Waals surface area (Å²) in [6.45, 7) is 3.75. The molecule has 1 aliphatic heterocycles. The topological polar surface area (TPSA) is 61.5 Å². The molecule has 0 fully saturated rings. The number of rotatable bonds is 3. The average molecular weight is 286 g/mol. The molecular formula is C15H18N4O2. The minimum atomic E-state index is 0.00629. The van der Waals surface area contributed by atoms with E-state index >= 15 is 0 Å². The summed E-state index contributed by atoms with van der Waals surface area (Å²) in [5, 5.41) is 0. The third-order valence-electron chi connectivity index (χ3n) is 3.68. The van der Waals surface area contributed by atoms with Crippen LogP contribution in [0.2, 0.25) is 0 Å². The minimum Gasteiger partial charge on any atom is -0.490 e. The predicted molar refractivity (Wildman–Crippen MR) is 80.7 cm³/mol. The zero-order chi connectivity index (χ0) is 14.8. The molecule has 1 amide bonds. The number of hydrogen-bond donors (Lipinski definition) is 1. The van der Waals surface area contributed by atoms with Crippen molar-refractivity contribution in [1.29, 1.82) is 0 Å². The second kappa shape index (κ2) is 5.47. The molecule has 0 radical (unpaired) electrons. The van der Waals surface area contributed by atoms with Gasteiger partial charge in [0.05, 0.1) is 30.8 Å². The SMILES string of the molecule is CC(=O)N(C)c1ccc2c(c1)N(Cc1cnc[nH]1)CCO2. The second-order valence-corrected chi connectivity index (χ2v) is 5.08. The van der Waals surface area contributed by atoms with E-state index in [0.717, 1.165) is 35.9 Å². The van der Waals surface area contributed by atoms with Crippen molar-refractivity contribution in [3.8, 4) is 5.75 Å². The lowest BCUT2D eigenvalue weighted by atomic mass is 10.2. The van der Waals surface area contributed by atoms with Crippen molar-refractivity contribution in [2.75, 3.05) is 30.0 Å². The second-order valence-electron chi connectivity index (χ2n) is 5.08. The van der Waals surface area contributed by atoms with E-state index < -0.39 is 0 Å². The average Bonchev–Trinajstić information content (AvgIpc) is 2.99. The molecule has 0 unspecified atom stereocenters. The zero-order valence-corrected chi connectivity index (χ0v) is 12.2. The Labute approximate surface area is 123 Å². The highest BCUT2D eigenvalue weighted by Gasteiger charge is 2.20. The number of nitrogens with zero attached hydrogens (tertiary/aromatic N) is 3. The third kappa shape index (κ3) is 2.69. The first-order valence-corrected chi connectivity index (χ1v) is 6.88. The van der Waals surface area contributed by atoms with E-state index in [1.165, 1.54) is 0 Å². The normalized spacial score (nSPS) is 13.5. The van der Waals surface area contributed by atoms with Gasteiger partial charge in [0.2, 0.25) is 5.91 Å². The molecule has 1 aliphatic rings. The summed E-state index contributed by atoms with van der Waals surface area (Å²) < 4.78 is 5.70. The fraction of sp³-hybridized carbons (Fsp3) is 0.333. The number of carbonyl (C=O) groups is 1. The molecule has 6 nitrogen and oxygen atoms in total. The van der Waals surface area contributed by atoms with E-state index in [9.17, 15) is 4.79 Å². The summed E-state index contributed by atoms with van der Waals surface area (Å²) in [5.74, 6) is 0.855. The van der Waals surface area contributed by atoms with Crippen molar-refractivity contribution in [3.63, 3.8) is 0 Å². The zero-order valence-electron chi connectivity index (χ0n) is 12.2. The van der Waals surface area contributed by atoms with E-state index in [0.29, 0.717) is 6.61 Å². The van der Waals surface area contributed by atoms with Crippen molar-refractivity contribution in [2.24, 2.45) is 0 Å². The molecule has 2 heterocycles. The van der Waals surface area contributed by atoms with E-state index in [-0.39, 0.29) is 5.91 Å². The first-order chi connectivity index (χ1) is 10.1. The number of amides is 1. The molecule has 0 aliphatic carbocycles. The van der Waals surface area contributed by atoms with Gasteiger partial charge in [0.15, 0.2) is 0 Å². The van der Waals surface area contributed by atoms with Gasteiger partial charge in [-0.1, -0.05) is 0 Å². The van der Waals surface area contributed by atoms with Crippen molar-refractivity contribution in [1.82, 2.24) is 9.97 Å². The maximum Gasteiger partial charge on any atom is 0.223 e. The number of carbonyl (C=O) groups excluding carboxylic acids is 1. The Kier molecular flexibility index (Phi) is 3.51. The van der Waals surface area contributed by atoms with Crippen molar-refractivity contribution >= 4 is 17.3 Å². The summed E-state index contributed by atoms with van der Waals surface area (Å²) in [6.07, 6.45) is 3.50. The Morgan fingerprint density at radius 1 is 1.52 bits per heavy atom. The maximum absolute atomic E-state index is 11.5. The van der Waals surface area contributed by atoms with Gasteiger partial charge in [-0.15, -0.1) is 0 Å². The molecule has 2 aromatic rings. The lowest BCUT2D eigenvalue weighted by Gasteiger charge is -2.32. The van der Waals surface area contributed by atoms with Crippen LogP contribution in [0.3, 0.4) is 0 Å². The van der Waals surface area contributed by atoms with Crippen molar-refractivity contribution in [2.45, 2.75) is 13.5 Å². The van der Waals surface area contributed by atoms with Crippen LogP contribution in [0, 0.1) is 0 Å². The van der Waals surface area contributed by atoms with Gasteiger partial charge in [0.1, 0.15) is 12.4 Å². The van der Waals surface area contributed by atoms with Crippen LogP contribution < -0.4 is 14.5 Å². The smallest absolute Gasteiger partial charge is 0.223 e. The van der Waals surface area contributed by atoms with Gasteiger partial charge in [-0.05, 0) is 18.2 Å². The first-order valence-electron chi connectivity index (χ1n) is 6.88. The molecule has 1 N–H and O–H groups in total. The maximum atomic E-state index is 11.5. The van der Waals surface area contributed by atoms with E-state index in [1.807, 2.05) is 24.4 Å². The molecule has 0 atom stereocenters. The number of aromatic nitrogens is 2. The molecule has 0 saturated heterocycles. The number of ether oxygens (including phenoxy) is 1. The number of imidazole rings is 1. The fourth-order valence-electron chi connectivity index (χ4n) is 2.39. The molecule has 6 heteroatoms. The number of nitrogens with one attached hydrogen (secondary N) is 1. The number of fused-ring (bicyclic) bond motifs is 1. The molecule has 0 bridgehead atoms. The van der Waals surface area contributed by atoms with Gasteiger partial charge in [-0.2, -0.15) is 0 Å². The van der Waals surface area contributed by atoms with Crippen LogP contribution in [0.5, 0.6) is 5.75 Å². The van der Waals surface area contributed by atoms with Crippen LogP contribution in [-0.4, -0.2) is 36.1 Å². The highest BCUT2D eigenvalue weighted by Crippen LogP contribution is 2.35. The van der Waals surface area contributed by atoms with Crippen LogP contribution in [0.15, 0.2) is 30.7 Å². The Hall–Kier alpha value is -2.50. The van der Waals surface area contributed by atoms with Gasteiger partial charge in [0, 0.05) is 25.9 Å². The molecule has 21 heavy (non-hydrogen) atoms. The Morgan fingerprint density at radius 2 is 2.38 bits per heavy atom. The van der Waals surface area contributed by atoms with Crippen molar-refractivity contribution < 1.29 is 9.53 Å². The summed E-state index contributed by atoms with van der Waals surface area (Å²) in [6, 6.07) is 5.81. The molecule has 110 valence electrons. The monoisotopic (exact) mass is 286 g/mol. The van der Waals surface area contributed by atoms with Crippen molar-refractivity contribution in [3.05, 3.63) is 36.4 Å². The molecular weight excluding hydrogens is 268 g/mol. The lowest BCUT2D eigenvalue weighted by Crippen LogP contribution is -2.32. The highest BCUT2D eigenvalue weighted by molar-refractivity contribution is 5.91. The predicted octanol–water partition coefficient (Wildman–Crippen LogP) is 1.79. The lowest BCUT2D eigenvalue weighted by molar-refractivity contribution is -0.116. The molecule has 1 aromatic heterocycles. The van der Waals surface area contributed by atoms with Gasteiger partial charge in [-0.3, -0.25) is 4.79 Å². The van der Waals surface area contributed by atoms with Crippen LogP contribution in [0.1, 0.15) is 12.6 Å². The Balaban J connectivity index is 1.91.